The zero-order valence-corrected chi connectivity index (χ0v) is 19.1. The average molecular weight is 454 g/mol. The topological polar surface area (TPSA) is 82.9 Å². The van der Waals surface area contributed by atoms with Crippen LogP contribution in [0.5, 0.6) is 0 Å². The number of carbonyl (C=O) groups excluding carboxylic acids is 1. The average Bonchev–Trinajstić information content (AvgIpc) is 3.29. The number of rotatable bonds is 6. The van der Waals surface area contributed by atoms with Crippen LogP contribution in [-0.2, 0) is 16.6 Å². The number of piperazine rings is 1. The summed E-state index contributed by atoms with van der Waals surface area (Å²) < 4.78 is 33.3. The summed E-state index contributed by atoms with van der Waals surface area (Å²) in [6.07, 6.45) is 1.67. The maximum Gasteiger partial charge on any atom is 0.261 e. The first-order valence-electron chi connectivity index (χ1n) is 10.6. The molecule has 0 aliphatic carbocycles. The number of nitrogens with one attached hydrogen (secondary N) is 1. The van der Waals surface area contributed by atoms with Gasteiger partial charge in [-0.3, -0.25) is 14.4 Å². The lowest BCUT2D eigenvalue weighted by molar-refractivity contribution is 0.0620. The van der Waals surface area contributed by atoms with Gasteiger partial charge >= 0.3 is 0 Å². The summed E-state index contributed by atoms with van der Waals surface area (Å²) in [5.74, 6) is 0.870. The van der Waals surface area contributed by atoms with Crippen molar-refractivity contribution < 1.29 is 17.6 Å². The Morgan fingerprint density at radius 1 is 0.969 bits per heavy atom. The van der Waals surface area contributed by atoms with Gasteiger partial charge in [-0.2, -0.15) is 0 Å². The van der Waals surface area contributed by atoms with Gasteiger partial charge in [-0.1, -0.05) is 6.07 Å². The molecule has 1 amide bonds. The van der Waals surface area contributed by atoms with Gasteiger partial charge in [0.25, 0.3) is 15.9 Å². The fraction of sp³-hybridized carbons (Fsp3) is 0.292. The maximum atomic E-state index is 12.9. The van der Waals surface area contributed by atoms with Gasteiger partial charge in [0.1, 0.15) is 5.76 Å². The van der Waals surface area contributed by atoms with Crippen LogP contribution in [0.3, 0.4) is 0 Å². The Labute approximate surface area is 188 Å². The molecule has 0 saturated carbocycles. The molecular formula is C24H27N3O4S. The van der Waals surface area contributed by atoms with Crippen molar-refractivity contribution in [2.24, 2.45) is 0 Å². The predicted octanol–water partition coefficient (Wildman–Crippen LogP) is 3.66. The molecule has 168 valence electrons. The Kier molecular flexibility index (Phi) is 6.34. The normalized spacial score (nSPS) is 15.0. The highest BCUT2D eigenvalue weighted by Gasteiger charge is 2.23. The Morgan fingerprint density at radius 3 is 2.31 bits per heavy atom. The highest BCUT2D eigenvalue weighted by Crippen LogP contribution is 2.20. The third-order valence-corrected chi connectivity index (χ3v) is 7.17. The van der Waals surface area contributed by atoms with E-state index in [0.717, 1.165) is 36.5 Å². The van der Waals surface area contributed by atoms with E-state index in [1.54, 1.807) is 48.7 Å². The molecule has 4 rings (SSSR count). The van der Waals surface area contributed by atoms with Crippen LogP contribution in [0.2, 0.25) is 0 Å². The SMILES string of the molecule is Cc1ccc(S(=O)(=O)Nc2ccc(C(=O)N3CCN(Cc4ccco4)CC3)cc2)cc1C. The molecule has 1 aliphatic heterocycles. The molecular weight excluding hydrogens is 426 g/mol. The number of benzene rings is 2. The number of hydrogen-bond donors (Lipinski definition) is 1. The Balaban J connectivity index is 1.36. The smallest absolute Gasteiger partial charge is 0.261 e. The molecule has 32 heavy (non-hydrogen) atoms. The quantitative estimate of drug-likeness (QED) is 0.616. The van der Waals surface area contributed by atoms with E-state index < -0.39 is 10.0 Å². The van der Waals surface area contributed by atoms with Crippen LogP contribution in [0.25, 0.3) is 0 Å². The minimum atomic E-state index is -3.69. The molecule has 1 aliphatic rings. The van der Waals surface area contributed by atoms with E-state index in [4.69, 9.17) is 4.42 Å². The molecule has 0 radical (unpaired) electrons. The van der Waals surface area contributed by atoms with Gasteiger partial charge in [-0.25, -0.2) is 8.42 Å². The fourth-order valence-electron chi connectivity index (χ4n) is 3.69. The van der Waals surface area contributed by atoms with E-state index in [2.05, 4.69) is 9.62 Å². The molecule has 1 fully saturated rings. The van der Waals surface area contributed by atoms with Crippen LogP contribution < -0.4 is 4.72 Å². The highest BCUT2D eigenvalue weighted by atomic mass is 32.2. The van der Waals surface area contributed by atoms with Gasteiger partial charge in [0.2, 0.25) is 0 Å². The Morgan fingerprint density at radius 2 is 1.69 bits per heavy atom. The largest absolute Gasteiger partial charge is 0.468 e. The van der Waals surface area contributed by atoms with E-state index in [1.165, 1.54) is 0 Å². The van der Waals surface area contributed by atoms with E-state index in [0.29, 0.717) is 24.3 Å². The standard InChI is InChI=1S/C24H27N3O4S/c1-18-5-10-23(16-19(18)2)32(29,30)25-21-8-6-20(7-9-21)24(28)27-13-11-26(12-14-27)17-22-4-3-15-31-22/h3-10,15-16,25H,11-14,17H2,1-2H3. The minimum Gasteiger partial charge on any atom is -0.468 e. The van der Waals surface area contributed by atoms with E-state index in [9.17, 15) is 13.2 Å². The number of carbonyl (C=O) groups is 1. The molecule has 1 aromatic heterocycles. The van der Waals surface area contributed by atoms with Crippen molar-refractivity contribution in [3.8, 4) is 0 Å². The first-order valence-corrected chi connectivity index (χ1v) is 12.0. The molecule has 3 aromatic rings. The first kappa shape index (κ1) is 22.1. The van der Waals surface area contributed by atoms with E-state index in [-0.39, 0.29) is 10.8 Å². The number of nitrogens with zero attached hydrogens (tertiary/aromatic N) is 2. The van der Waals surface area contributed by atoms with Gasteiger partial charge in [-0.05, 0) is 73.5 Å². The summed E-state index contributed by atoms with van der Waals surface area (Å²) >= 11 is 0. The first-order chi connectivity index (χ1) is 15.3. The second-order valence-electron chi connectivity index (χ2n) is 8.08. The lowest BCUT2D eigenvalue weighted by Crippen LogP contribution is -2.48. The van der Waals surface area contributed by atoms with E-state index >= 15 is 0 Å². The van der Waals surface area contributed by atoms with Crippen LogP contribution in [0, 0.1) is 13.8 Å². The lowest BCUT2D eigenvalue weighted by atomic mass is 10.1. The Hall–Kier alpha value is -3.10. The number of anilines is 1. The summed E-state index contributed by atoms with van der Waals surface area (Å²) in [7, 11) is -3.69. The number of furan rings is 1. The minimum absolute atomic E-state index is 0.0498. The van der Waals surface area contributed by atoms with Crippen molar-refractivity contribution in [3.63, 3.8) is 0 Å². The van der Waals surface area contributed by atoms with Gasteiger partial charge in [0.15, 0.2) is 0 Å². The number of aryl methyl sites for hydroxylation is 2. The van der Waals surface area contributed by atoms with Crippen LogP contribution in [-0.4, -0.2) is 50.3 Å². The van der Waals surface area contributed by atoms with Gasteiger partial charge in [0.05, 0.1) is 17.7 Å². The van der Waals surface area contributed by atoms with Crippen LogP contribution >= 0.6 is 0 Å². The second-order valence-corrected chi connectivity index (χ2v) is 9.76. The zero-order chi connectivity index (χ0) is 22.7. The predicted molar refractivity (Wildman–Crippen MR) is 123 cm³/mol. The maximum absolute atomic E-state index is 12.9. The molecule has 0 unspecified atom stereocenters. The van der Waals surface area contributed by atoms with Crippen molar-refractivity contribution in [1.82, 2.24) is 9.80 Å². The van der Waals surface area contributed by atoms with Crippen molar-refractivity contribution >= 4 is 21.6 Å². The summed E-state index contributed by atoms with van der Waals surface area (Å²) in [5.41, 5.74) is 2.91. The molecule has 8 heteroatoms. The Bertz CT molecular complexity index is 1180. The molecule has 0 spiro atoms. The number of sulfonamides is 1. The third kappa shape index (κ3) is 5.03. The van der Waals surface area contributed by atoms with Crippen LogP contribution in [0.15, 0.2) is 70.2 Å². The molecule has 1 N–H and O–H groups in total. The molecule has 2 aromatic carbocycles. The molecule has 1 saturated heterocycles. The number of hydrogen-bond acceptors (Lipinski definition) is 5. The summed E-state index contributed by atoms with van der Waals surface area (Å²) in [6.45, 7) is 7.39. The molecule has 0 atom stereocenters. The molecule has 7 nitrogen and oxygen atoms in total. The fourth-order valence-corrected chi connectivity index (χ4v) is 4.83. The van der Waals surface area contributed by atoms with Gasteiger partial charge in [-0.15, -0.1) is 0 Å². The van der Waals surface area contributed by atoms with Crippen LogP contribution in [0.1, 0.15) is 27.2 Å². The van der Waals surface area contributed by atoms with Crippen molar-refractivity contribution in [1.29, 1.82) is 0 Å². The van der Waals surface area contributed by atoms with Gasteiger partial charge in [0, 0.05) is 37.4 Å². The van der Waals surface area contributed by atoms with Crippen molar-refractivity contribution in [2.75, 3.05) is 30.9 Å². The van der Waals surface area contributed by atoms with E-state index in [1.807, 2.05) is 30.9 Å². The lowest BCUT2D eigenvalue weighted by Gasteiger charge is -2.34. The zero-order valence-electron chi connectivity index (χ0n) is 18.2. The summed E-state index contributed by atoms with van der Waals surface area (Å²) in [5, 5.41) is 0. The number of amides is 1. The third-order valence-electron chi connectivity index (χ3n) is 5.79. The highest BCUT2D eigenvalue weighted by molar-refractivity contribution is 7.92. The van der Waals surface area contributed by atoms with Crippen molar-refractivity contribution in [3.05, 3.63) is 83.3 Å². The van der Waals surface area contributed by atoms with Crippen LogP contribution in [0.4, 0.5) is 5.69 Å². The molecule has 2 heterocycles. The molecule has 0 bridgehead atoms. The monoisotopic (exact) mass is 453 g/mol. The second kappa shape index (κ2) is 9.18. The summed E-state index contributed by atoms with van der Waals surface area (Å²) in [6, 6.07) is 15.4. The van der Waals surface area contributed by atoms with Gasteiger partial charge < -0.3 is 9.32 Å². The summed E-state index contributed by atoms with van der Waals surface area (Å²) in [4.78, 5) is 17.2. The van der Waals surface area contributed by atoms with Crippen molar-refractivity contribution in [2.45, 2.75) is 25.3 Å².